The first-order chi connectivity index (χ1) is 10.4. The van der Waals surface area contributed by atoms with E-state index >= 15 is 0 Å². The zero-order valence-corrected chi connectivity index (χ0v) is 13.6. The van der Waals surface area contributed by atoms with E-state index in [0.717, 1.165) is 11.4 Å². The minimum Gasteiger partial charge on any atom is -0.511 e. The number of ether oxygens (including phenoxy) is 1. The molecule has 0 aliphatic heterocycles. The number of hydrogen-bond donors (Lipinski definition) is 1. The minimum absolute atomic E-state index is 0.0251. The first-order valence-corrected chi connectivity index (χ1v) is 7.53. The molecule has 22 heavy (non-hydrogen) atoms. The summed E-state index contributed by atoms with van der Waals surface area (Å²) in [5.74, 6) is 0.896. The molecule has 1 aliphatic rings. The van der Waals surface area contributed by atoms with Crippen LogP contribution in [0.2, 0.25) is 0 Å². The maximum atomic E-state index is 12.4. The standard InChI is InChI=1S/C18H23NO3/c1-5-14(19-12-6-8-13(22-4)9-7-12)17-15(20)10-18(2,3)11-16(17)21/h6-9,20H,5,10-11H2,1-4H3. The molecule has 1 aliphatic carbocycles. The van der Waals surface area contributed by atoms with E-state index in [1.807, 2.05) is 45.0 Å². The van der Waals surface area contributed by atoms with Crippen LogP contribution in [-0.2, 0) is 4.79 Å². The molecule has 4 nitrogen and oxygen atoms in total. The number of carbonyl (C=O) groups excluding carboxylic acids is 1. The highest BCUT2D eigenvalue weighted by Gasteiger charge is 2.34. The van der Waals surface area contributed by atoms with Gasteiger partial charge in [-0.3, -0.25) is 9.79 Å². The number of aliphatic imine (C=N–C) groups is 1. The number of benzene rings is 1. The number of hydrogen-bond acceptors (Lipinski definition) is 4. The molecule has 0 fully saturated rings. The molecule has 0 amide bonds. The van der Waals surface area contributed by atoms with Gasteiger partial charge < -0.3 is 9.84 Å². The highest BCUT2D eigenvalue weighted by atomic mass is 16.5. The van der Waals surface area contributed by atoms with Gasteiger partial charge in [0, 0.05) is 12.8 Å². The topological polar surface area (TPSA) is 58.9 Å². The highest BCUT2D eigenvalue weighted by molar-refractivity contribution is 6.23. The van der Waals surface area contributed by atoms with Crippen LogP contribution in [0.5, 0.6) is 5.75 Å². The largest absolute Gasteiger partial charge is 0.511 e. The molecule has 0 bridgehead atoms. The zero-order valence-electron chi connectivity index (χ0n) is 13.6. The number of aliphatic hydroxyl groups excluding tert-OH is 1. The molecular weight excluding hydrogens is 278 g/mol. The van der Waals surface area contributed by atoms with E-state index < -0.39 is 0 Å². The van der Waals surface area contributed by atoms with Crippen LogP contribution in [0.15, 0.2) is 40.6 Å². The van der Waals surface area contributed by atoms with Crippen LogP contribution in [0, 0.1) is 5.41 Å². The van der Waals surface area contributed by atoms with Crippen molar-refractivity contribution in [2.45, 2.75) is 40.0 Å². The number of methoxy groups -OCH3 is 1. The van der Waals surface area contributed by atoms with Crippen LogP contribution in [0.3, 0.4) is 0 Å². The summed E-state index contributed by atoms with van der Waals surface area (Å²) in [4.78, 5) is 16.9. The van der Waals surface area contributed by atoms with Gasteiger partial charge in [-0.1, -0.05) is 20.8 Å². The van der Waals surface area contributed by atoms with Crippen LogP contribution in [0.25, 0.3) is 0 Å². The lowest BCUT2D eigenvalue weighted by Crippen LogP contribution is -2.29. The molecule has 0 saturated heterocycles. The van der Waals surface area contributed by atoms with Crippen molar-refractivity contribution in [1.29, 1.82) is 0 Å². The third kappa shape index (κ3) is 3.56. The quantitative estimate of drug-likeness (QED) is 0.840. The molecule has 1 aromatic rings. The van der Waals surface area contributed by atoms with Gasteiger partial charge in [-0.2, -0.15) is 0 Å². The fourth-order valence-electron chi connectivity index (χ4n) is 2.74. The predicted octanol–water partition coefficient (Wildman–Crippen LogP) is 4.38. The Morgan fingerprint density at radius 1 is 1.27 bits per heavy atom. The number of allylic oxidation sites excluding steroid dienone is 2. The van der Waals surface area contributed by atoms with Crippen molar-refractivity contribution >= 4 is 17.2 Å². The van der Waals surface area contributed by atoms with Gasteiger partial charge in [-0.15, -0.1) is 0 Å². The van der Waals surface area contributed by atoms with Crippen molar-refractivity contribution in [3.63, 3.8) is 0 Å². The summed E-state index contributed by atoms with van der Waals surface area (Å²) in [6.45, 7) is 5.92. The lowest BCUT2D eigenvalue weighted by molar-refractivity contribution is -0.117. The van der Waals surface area contributed by atoms with Gasteiger partial charge in [0.15, 0.2) is 5.78 Å². The molecule has 118 valence electrons. The predicted molar refractivity (Wildman–Crippen MR) is 88.1 cm³/mol. The number of nitrogens with zero attached hydrogens (tertiary/aromatic N) is 1. The van der Waals surface area contributed by atoms with E-state index in [1.165, 1.54) is 0 Å². The van der Waals surface area contributed by atoms with Crippen molar-refractivity contribution < 1.29 is 14.6 Å². The lowest BCUT2D eigenvalue weighted by Gasteiger charge is -2.29. The van der Waals surface area contributed by atoms with E-state index in [9.17, 15) is 9.90 Å². The van der Waals surface area contributed by atoms with Crippen molar-refractivity contribution in [3.05, 3.63) is 35.6 Å². The third-order valence-corrected chi connectivity index (χ3v) is 3.81. The Bertz CT molecular complexity index is 624. The minimum atomic E-state index is -0.191. The van der Waals surface area contributed by atoms with Gasteiger partial charge in [-0.05, 0) is 36.1 Å². The van der Waals surface area contributed by atoms with Gasteiger partial charge in [0.05, 0.1) is 24.1 Å². The lowest BCUT2D eigenvalue weighted by atomic mass is 9.75. The Hall–Kier alpha value is -2.10. The van der Waals surface area contributed by atoms with E-state index in [2.05, 4.69) is 4.99 Å². The number of aliphatic hydroxyl groups is 1. The van der Waals surface area contributed by atoms with Gasteiger partial charge in [0.25, 0.3) is 0 Å². The van der Waals surface area contributed by atoms with E-state index in [0.29, 0.717) is 30.5 Å². The number of Topliss-reactive ketones (excluding diaryl/α,β-unsaturated/α-hetero) is 1. The Kier molecular flexibility index (Phi) is 4.69. The molecule has 0 radical (unpaired) electrons. The fourth-order valence-corrected chi connectivity index (χ4v) is 2.74. The average molecular weight is 301 g/mol. The molecular formula is C18H23NO3. The van der Waals surface area contributed by atoms with Crippen molar-refractivity contribution in [3.8, 4) is 5.75 Å². The molecule has 0 spiro atoms. The summed E-state index contributed by atoms with van der Waals surface area (Å²) in [5, 5.41) is 10.3. The smallest absolute Gasteiger partial charge is 0.168 e. The first kappa shape index (κ1) is 16.3. The van der Waals surface area contributed by atoms with Crippen LogP contribution < -0.4 is 4.74 Å². The zero-order chi connectivity index (χ0) is 16.3. The Morgan fingerprint density at radius 3 is 2.41 bits per heavy atom. The van der Waals surface area contributed by atoms with Crippen molar-refractivity contribution in [2.75, 3.05) is 7.11 Å². The van der Waals surface area contributed by atoms with Gasteiger partial charge in [-0.25, -0.2) is 0 Å². The van der Waals surface area contributed by atoms with Crippen LogP contribution in [0.4, 0.5) is 5.69 Å². The summed E-state index contributed by atoms with van der Waals surface area (Å²) in [6.07, 6.45) is 1.54. The van der Waals surface area contributed by atoms with Crippen molar-refractivity contribution in [1.82, 2.24) is 0 Å². The number of carbonyl (C=O) groups is 1. The monoisotopic (exact) mass is 301 g/mol. The second kappa shape index (κ2) is 6.34. The van der Waals surface area contributed by atoms with Crippen molar-refractivity contribution in [2.24, 2.45) is 10.4 Å². The van der Waals surface area contributed by atoms with E-state index in [4.69, 9.17) is 4.74 Å². The molecule has 2 rings (SSSR count). The maximum Gasteiger partial charge on any atom is 0.168 e. The molecule has 1 aromatic carbocycles. The average Bonchev–Trinajstić information content (AvgIpc) is 2.44. The van der Waals surface area contributed by atoms with Crippen LogP contribution in [0.1, 0.15) is 40.0 Å². The summed E-state index contributed by atoms with van der Waals surface area (Å²) < 4.78 is 5.12. The fraction of sp³-hybridized carbons (Fsp3) is 0.444. The van der Waals surface area contributed by atoms with E-state index in [1.54, 1.807) is 7.11 Å². The molecule has 0 heterocycles. The van der Waals surface area contributed by atoms with Crippen LogP contribution in [-0.4, -0.2) is 23.7 Å². The summed E-state index contributed by atoms with van der Waals surface area (Å²) in [6, 6.07) is 7.32. The Labute approximate surface area is 131 Å². The van der Waals surface area contributed by atoms with E-state index in [-0.39, 0.29) is 17.0 Å². The normalized spacial score (nSPS) is 18.5. The second-order valence-corrected chi connectivity index (χ2v) is 6.37. The summed E-state index contributed by atoms with van der Waals surface area (Å²) in [5.41, 5.74) is 1.60. The SMILES string of the molecule is CCC(=Nc1ccc(OC)cc1)C1=C(O)CC(C)(C)CC1=O. The summed E-state index contributed by atoms with van der Waals surface area (Å²) >= 11 is 0. The molecule has 4 heteroatoms. The highest BCUT2D eigenvalue weighted by Crippen LogP contribution is 2.36. The number of rotatable bonds is 4. The van der Waals surface area contributed by atoms with Gasteiger partial charge in [0.1, 0.15) is 11.5 Å². The van der Waals surface area contributed by atoms with Crippen LogP contribution >= 0.6 is 0 Å². The number of ketones is 1. The van der Waals surface area contributed by atoms with Gasteiger partial charge >= 0.3 is 0 Å². The molecule has 0 saturated carbocycles. The Morgan fingerprint density at radius 2 is 1.91 bits per heavy atom. The maximum absolute atomic E-state index is 12.4. The first-order valence-electron chi connectivity index (χ1n) is 7.53. The van der Waals surface area contributed by atoms with Gasteiger partial charge in [0.2, 0.25) is 0 Å². The summed E-state index contributed by atoms with van der Waals surface area (Å²) in [7, 11) is 1.61. The molecule has 0 atom stereocenters. The Balaban J connectivity index is 2.38. The molecule has 0 aromatic heterocycles. The third-order valence-electron chi connectivity index (χ3n) is 3.81. The second-order valence-electron chi connectivity index (χ2n) is 6.37. The molecule has 1 N–H and O–H groups in total. The molecule has 0 unspecified atom stereocenters.